The van der Waals surface area contributed by atoms with Crippen molar-refractivity contribution < 1.29 is 14.1 Å². The summed E-state index contributed by atoms with van der Waals surface area (Å²) in [4.78, 5) is 23.7. The van der Waals surface area contributed by atoms with Crippen molar-refractivity contribution in [1.82, 2.24) is 20.4 Å². The van der Waals surface area contributed by atoms with Crippen molar-refractivity contribution in [3.05, 3.63) is 69.5 Å². The molecule has 2 aromatic carbocycles. The molecule has 8 nitrogen and oxygen atoms in total. The lowest BCUT2D eigenvalue weighted by atomic mass is 9.77. The van der Waals surface area contributed by atoms with Crippen LogP contribution in [-0.2, 0) is 11.3 Å². The number of piperidine rings is 1. The molecule has 4 heterocycles. The second-order valence-corrected chi connectivity index (χ2v) is 11.5. The van der Waals surface area contributed by atoms with E-state index in [4.69, 9.17) is 37.4 Å². The van der Waals surface area contributed by atoms with Gasteiger partial charge in [-0.3, -0.25) is 4.98 Å². The maximum Gasteiger partial charge on any atom is 0.337 e. The molecule has 2 saturated heterocycles. The fraction of sp³-hybridized carbons (Fsp3) is 0.379. The van der Waals surface area contributed by atoms with E-state index in [-0.39, 0.29) is 5.97 Å². The molecule has 2 saturated carbocycles. The van der Waals surface area contributed by atoms with Crippen LogP contribution in [0.2, 0.25) is 10.0 Å². The summed E-state index contributed by atoms with van der Waals surface area (Å²) in [6, 6.07) is 12.0. The monoisotopic (exact) mass is 563 g/mol. The minimum Gasteiger partial charge on any atom is -0.465 e. The fourth-order valence-electron chi connectivity index (χ4n) is 6.11. The van der Waals surface area contributed by atoms with E-state index in [2.05, 4.69) is 20.4 Å². The molecule has 4 fully saturated rings. The predicted octanol–water partition coefficient (Wildman–Crippen LogP) is 6.16. The second kappa shape index (κ2) is 9.77. The maximum atomic E-state index is 11.8. The Balaban J connectivity index is 1.06. The van der Waals surface area contributed by atoms with Gasteiger partial charge in [-0.2, -0.15) is 0 Å². The van der Waals surface area contributed by atoms with Crippen LogP contribution in [0.1, 0.15) is 59.7 Å². The lowest BCUT2D eigenvalue weighted by Crippen LogP contribution is -2.64. The molecule has 39 heavy (non-hydrogen) atoms. The number of benzene rings is 2. The first-order valence-electron chi connectivity index (χ1n) is 13.3. The Bertz CT molecular complexity index is 1550. The smallest absolute Gasteiger partial charge is 0.337 e. The van der Waals surface area contributed by atoms with Crippen LogP contribution >= 0.6 is 23.2 Å². The zero-order valence-corrected chi connectivity index (χ0v) is 22.9. The molecule has 2 atom stereocenters. The third-order valence-corrected chi connectivity index (χ3v) is 8.82. The van der Waals surface area contributed by atoms with Crippen molar-refractivity contribution in [1.29, 1.82) is 0 Å². The van der Waals surface area contributed by atoms with E-state index in [1.165, 1.54) is 7.11 Å². The highest BCUT2D eigenvalue weighted by atomic mass is 35.5. The number of nitrogens with one attached hydrogen (secondary N) is 1. The molecule has 200 valence electrons. The maximum absolute atomic E-state index is 11.8. The van der Waals surface area contributed by atoms with Crippen LogP contribution in [0, 0.1) is 0 Å². The van der Waals surface area contributed by atoms with Gasteiger partial charge in [0.2, 0.25) is 0 Å². The first-order valence-corrected chi connectivity index (χ1v) is 14.1. The van der Waals surface area contributed by atoms with E-state index >= 15 is 0 Å². The summed E-state index contributed by atoms with van der Waals surface area (Å²) < 4.78 is 10.7. The number of nitrogens with zero attached hydrogens (tertiary/aromatic N) is 4. The van der Waals surface area contributed by atoms with Crippen molar-refractivity contribution in [3.63, 3.8) is 0 Å². The molecule has 2 aromatic heterocycles. The average Bonchev–Trinajstić information content (AvgIpc) is 3.71. The highest BCUT2D eigenvalue weighted by Gasteiger charge is 2.46. The standard InChI is InChI=1S/C29H27Cl2N5O3/c1-38-29(37)16-7-8-23-24(9-16)33-14-25(34-23)36-18-10-17(11-19(36)12-18)32-13-20-27(35-39-28(20)15-5-6-15)26-21(30)3-2-4-22(26)31/h2-4,7-9,14-15,17-19,32H,5-6,10-13H2,1H3. The average molecular weight is 564 g/mol. The van der Waals surface area contributed by atoms with Crippen LogP contribution in [0.4, 0.5) is 5.82 Å². The number of rotatable bonds is 7. The Kier molecular flexibility index (Phi) is 6.21. The molecule has 2 aliphatic heterocycles. The third kappa shape index (κ3) is 4.44. The van der Waals surface area contributed by atoms with E-state index in [1.807, 2.05) is 30.5 Å². The summed E-state index contributed by atoms with van der Waals surface area (Å²) in [5.41, 5.74) is 4.46. The molecule has 2 unspecified atom stereocenters. The van der Waals surface area contributed by atoms with Crippen molar-refractivity contribution in [2.24, 2.45) is 0 Å². The van der Waals surface area contributed by atoms with Crippen LogP contribution < -0.4 is 10.2 Å². The minimum absolute atomic E-state index is 0.373. The van der Waals surface area contributed by atoms with Gasteiger partial charge in [-0.05, 0) is 62.4 Å². The summed E-state index contributed by atoms with van der Waals surface area (Å²) >= 11 is 13.1. The van der Waals surface area contributed by atoms with Gasteiger partial charge in [0, 0.05) is 41.7 Å². The summed E-state index contributed by atoms with van der Waals surface area (Å²) in [7, 11) is 1.37. The SMILES string of the molecule is COC(=O)c1ccc2nc(N3C4CC(NCc5c(-c6c(Cl)cccc6Cl)noc5C5CC5)CC3C4)cnc2c1. The third-order valence-electron chi connectivity index (χ3n) is 8.19. The van der Waals surface area contributed by atoms with E-state index < -0.39 is 0 Å². The van der Waals surface area contributed by atoms with Gasteiger partial charge in [0.1, 0.15) is 17.3 Å². The normalized spacial score (nSPS) is 22.1. The highest BCUT2D eigenvalue weighted by Crippen LogP contribution is 2.46. The van der Waals surface area contributed by atoms with E-state index in [9.17, 15) is 4.79 Å². The minimum atomic E-state index is -0.379. The van der Waals surface area contributed by atoms with E-state index in [0.717, 1.165) is 66.0 Å². The molecule has 4 aromatic rings. The number of aromatic nitrogens is 3. The second-order valence-electron chi connectivity index (χ2n) is 10.7. The molecule has 0 radical (unpaired) electrons. The molecule has 2 bridgehead atoms. The molecule has 0 spiro atoms. The first kappa shape index (κ1) is 24.8. The Hall–Kier alpha value is -3.20. The van der Waals surface area contributed by atoms with Gasteiger partial charge in [0.15, 0.2) is 0 Å². The van der Waals surface area contributed by atoms with Gasteiger partial charge in [-0.15, -0.1) is 0 Å². The number of carbonyl (C=O) groups is 1. The number of hydrogen-bond acceptors (Lipinski definition) is 8. The number of ether oxygens (including phenoxy) is 1. The number of hydrogen-bond donors (Lipinski definition) is 1. The van der Waals surface area contributed by atoms with Gasteiger partial charge < -0.3 is 19.5 Å². The Morgan fingerprint density at radius 3 is 2.59 bits per heavy atom. The van der Waals surface area contributed by atoms with Crippen molar-refractivity contribution in [2.75, 3.05) is 12.0 Å². The van der Waals surface area contributed by atoms with Gasteiger partial charge in [0.05, 0.1) is 39.9 Å². The topological polar surface area (TPSA) is 93.4 Å². The molecule has 2 aliphatic carbocycles. The Labute approximate surface area is 235 Å². The van der Waals surface area contributed by atoms with Crippen molar-refractivity contribution in [2.45, 2.75) is 62.7 Å². The number of methoxy groups -OCH3 is 1. The molecule has 4 aliphatic rings. The van der Waals surface area contributed by atoms with Gasteiger partial charge >= 0.3 is 5.97 Å². The zero-order chi connectivity index (χ0) is 26.7. The summed E-state index contributed by atoms with van der Waals surface area (Å²) in [5, 5.41) is 9.36. The number of carbonyl (C=O) groups excluding carboxylic acids is 1. The lowest BCUT2D eigenvalue weighted by molar-refractivity contribution is 0.0601. The van der Waals surface area contributed by atoms with Crippen LogP contribution in [0.3, 0.4) is 0 Å². The van der Waals surface area contributed by atoms with Gasteiger partial charge in [0.25, 0.3) is 0 Å². The van der Waals surface area contributed by atoms with Crippen LogP contribution in [-0.4, -0.2) is 46.3 Å². The van der Waals surface area contributed by atoms with E-state index in [1.54, 1.807) is 12.1 Å². The summed E-state index contributed by atoms with van der Waals surface area (Å²) in [6.45, 7) is 0.661. The quantitative estimate of drug-likeness (QED) is 0.267. The highest BCUT2D eigenvalue weighted by molar-refractivity contribution is 6.39. The molecule has 8 rings (SSSR count). The van der Waals surface area contributed by atoms with Crippen molar-refractivity contribution in [3.8, 4) is 11.3 Å². The van der Waals surface area contributed by atoms with Crippen LogP contribution in [0.15, 0.2) is 47.1 Å². The summed E-state index contributed by atoms with van der Waals surface area (Å²) in [5.74, 6) is 1.89. The van der Waals surface area contributed by atoms with Gasteiger partial charge in [-0.25, -0.2) is 9.78 Å². The number of esters is 1. The zero-order valence-electron chi connectivity index (χ0n) is 21.4. The molecule has 10 heteroatoms. The van der Waals surface area contributed by atoms with E-state index in [0.29, 0.717) is 51.7 Å². The van der Waals surface area contributed by atoms with Crippen LogP contribution in [0.5, 0.6) is 0 Å². The molecular weight excluding hydrogens is 537 g/mol. The molecule has 0 amide bonds. The number of halogens is 2. The Morgan fingerprint density at radius 1 is 1.10 bits per heavy atom. The summed E-state index contributed by atoms with van der Waals surface area (Å²) in [6.07, 6.45) is 7.25. The van der Waals surface area contributed by atoms with Crippen molar-refractivity contribution >= 4 is 46.0 Å². The van der Waals surface area contributed by atoms with Gasteiger partial charge in [-0.1, -0.05) is 34.4 Å². The first-order chi connectivity index (χ1) is 19.0. The predicted molar refractivity (Wildman–Crippen MR) is 149 cm³/mol. The van der Waals surface area contributed by atoms with Crippen LogP contribution in [0.25, 0.3) is 22.3 Å². The number of anilines is 1. The molecule has 1 N–H and O–H groups in total. The lowest BCUT2D eigenvalue weighted by Gasteiger charge is -2.56. The fourth-order valence-corrected chi connectivity index (χ4v) is 6.69. The Morgan fingerprint density at radius 2 is 1.87 bits per heavy atom. The largest absolute Gasteiger partial charge is 0.465 e. The molecular formula is C29H27Cl2N5O3. The number of fused-ring (bicyclic) bond motifs is 3.